The largest absolute Gasteiger partial charge is 0.512 e. The van der Waals surface area contributed by atoms with Crippen LogP contribution in [0.4, 0.5) is 0 Å². The van der Waals surface area contributed by atoms with Crippen LogP contribution in [-0.4, -0.2) is 47.2 Å². The molecule has 0 saturated carbocycles. The first-order valence-electron chi connectivity index (χ1n) is 18.1. The summed E-state index contributed by atoms with van der Waals surface area (Å²) in [6.45, 7) is 22.1. The number of aromatic nitrogens is 4. The van der Waals surface area contributed by atoms with Crippen molar-refractivity contribution >= 4 is 75.9 Å². The molecule has 7 nitrogen and oxygen atoms in total. The van der Waals surface area contributed by atoms with Gasteiger partial charge in [-0.25, -0.2) is 4.98 Å². The number of nitrogens with zero attached hydrogens (tertiary/aromatic N) is 4. The molecule has 3 aromatic carbocycles. The van der Waals surface area contributed by atoms with E-state index < -0.39 is 16.1 Å². The van der Waals surface area contributed by atoms with Crippen LogP contribution in [0.1, 0.15) is 53.4 Å². The van der Waals surface area contributed by atoms with Gasteiger partial charge in [0, 0.05) is 43.4 Å². The fourth-order valence-electron chi connectivity index (χ4n) is 6.35. The summed E-state index contributed by atoms with van der Waals surface area (Å²) in [5.74, 6) is 0.547. The summed E-state index contributed by atoms with van der Waals surface area (Å²) >= 11 is 1.67. The van der Waals surface area contributed by atoms with Gasteiger partial charge < -0.3 is 9.52 Å². The topological polar surface area (TPSA) is 102 Å². The third-order valence-electron chi connectivity index (χ3n) is 9.50. The predicted molar refractivity (Wildman–Crippen MR) is 220 cm³/mol. The molecule has 6 aromatic rings. The number of benzene rings is 3. The predicted octanol–water partition coefficient (Wildman–Crippen LogP) is 10.5. The van der Waals surface area contributed by atoms with Crippen molar-refractivity contribution < 1.29 is 34.4 Å². The molecule has 3 heterocycles. The Morgan fingerprint density at radius 3 is 2.12 bits per heavy atom. The minimum absolute atomic E-state index is 0. The summed E-state index contributed by atoms with van der Waals surface area (Å²) in [4.78, 5) is 21.0. The van der Waals surface area contributed by atoms with Crippen LogP contribution in [0.5, 0.6) is 0 Å². The number of furan rings is 1. The Bertz CT molecular complexity index is 2190. The second kappa shape index (κ2) is 17.2. The average molecular weight is 928 g/mol. The number of carbonyl (C=O) groups excluding carboxylic acids is 1. The molecule has 0 atom stereocenters. The zero-order valence-electron chi connectivity index (χ0n) is 32.1. The van der Waals surface area contributed by atoms with Gasteiger partial charge >= 0.3 is 0 Å². The van der Waals surface area contributed by atoms with Crippen molar-refractivity contribution in [1.29, 1.82) is 0 Å². The van der Waals surface area contributed by atoms with E-state index in [1.807, 2.05) is 33.8 Å². The third kappa shape index (κ3) is 8.88. The third-order valence-corrected chi connectivity index (χ3v) is 15.8. The number of rotatable bonds is 11. The van der Waals surface area contributed by atoms with Crippen molar-refractivity contribution in [2.75, 3.05) is 0 Å². The van der Waals surface area contributed by atoms with Gasteiger partial charge in [0.2, 0.25) is 0 Å². The van der Waals surface area contributed by atoms with Crippen LogP contribution in [0.3, 0.4) is 0 Å². The molecule has 0 aliphatic rings. The van der Waals surface area contributed by atoms with Crippen LogP contribution in [0, 0.1) is 17.9 Å². The van der Waals surface area contributed by atoms with Gasteiger partial charge in [0.1, 0.15) is 31.1 Å². The SMILES string of the molecule is CCC(CC)C(=O)/C=C(\O)C(CC)CC.C[Si](C)(C)c1nnc(-c2cccc3c2oc2c(-c4[c-]c5ccccc5c([Si](C)(C)C)c4)ncnc23)s1.[Ir]. The van der Waals surface area contributed by atoms with Crippen LogP contribution in [0.25, 0.3) is 54.7 Å². The standard InChI is InChI=1S/C28H27N4OSSi2.C13H24O2.Ir/c1-35(2,3)22-15-18(14-17-10-7-8-11-19(17)22)23-26-24(30-16-29-23)20-12-9-13-21(25(20)33-26)27-31-32-28(34-27)36(4,5)6;1-5-10(6-2)12(14)9-13(15)11(7-3)8-4;/h7-13,15-16H,1-6H3;9-11,14H,5-8H2,1-4H3;/q-1;;/b;12-9-;. The molecule has 0 aliphatic heterocycles. The summed E-state index contributed by atoms with van der Waals surface area (Å²) in [6, 6.07) is 20.5. The van der Waals surface area contributed by atoms with Crippen LogP contribution in [0.15, 0.2) is 71.1 Å². The van der Waals surface area contributed by atoms with Crippen molar-refractivity contribution in [2.45, 2.75) is 92.7 Å². The molecule has 6 rings (SSSR count). The minimum Gasteiger partial charge on any atom is -0.512 e. The normalized spacial score (nSPS) is 12.4. The van der Waals surface area contributed by atoms with E-state index in [4.69, 9.17) is 9.40 Å². The van der Waals surface area contributed by atoms with Gasteiger partial charge in [-0.15, -0.1) is 50.3 Å². The molecule has 1 radical (unpaired) electrons. The van der Waals surface area contributed by atoms with E-state index in [1.165, 1.54) is 16.6 Å². The summed E-state index contributed by atoms with van der Waals surface area (Å²) in [7, 11) is -3.18. The molecular weight excluding hydrogens is 877 g/mol. The van der Waals surface area contributed by atoms with E-state index >= 15 is 0 Å². The van der Waals surface area contributed by atoms with Crippen LogP contribution >= 0.6 is 11.3 Å². The summed E-state index contributed by atoms with van der Waals surface area (Å²) in [6.07, 6.45) is 6.54. The van der Waals surface area contributed by atoms with Crippen molar-refractivity contribution in [3.63, 3.8) is 0 Å². The van der Waals surface area contributed by atoms with E-state index in [0.717, 1.165) is 74.0 Å². The molecule has 52 heavy (non-hydrogen) atoms. The molecule has 11 heteroatoms. The fraction of sp³-hybridized carbons (Fsp3) is 0.390. The van der Waals surface area contributed by atoms with Crippen molar-refractivity contribution in [3.05, 3.63) is 72.8 Å². The smallest absolute Gasteiger partial charge is 0.162 e. The van der Waals surface area contributed by atoms with Crippen molar-refractivity contribution in [3.8, 4) is 21.8 Å². The fourth-order valence-corrected chi connectivity index (χ4v) is 10.4. The van der Waals surface area contributed by atoms with Crippen LogP contribution in [-0.2, 0) is 24.9 Å². The first-order valence-corrected chi connectivity index (χ1v) is 25.9. The number of allylic oxidation sites excluding steroid dienone is 2. The average Bonchev–Trinajstić information content (AvgIpc) is 3.75. The number of aliphatic hydroxyl groups excluding tert-OH is 1. The number of aliphatic hydroxyl groups is 1. The molecule has 1 N–H and O–H groups in total. The number of hydrogen-bond donors (Lipinski definition) is 1. The Morgan fingerprint density at radius 1 is 0.846 bits per heavy atom. The Morgan fingerprint density at radius 2 is 1.50 bits per heavy atom. The van der Waals surface area contributed by atoms with E-state index in [9.17, 15) is 9.90 Å². The van der Waals surface area contributed by atoms with Crippen molar-refractivity contribution in [1.82, 2.24) is 20.2 Å². The molecule has 0 bridgehead atoms. The van der Waals surface area contributed by atoms with Gasteiger partial charge in [-0.2, -0.15) is 0 Å². The maximum Gasteiger partial charge on any atom is 0.162 e. The van der Waals surface area contributed by atoms with E-state index in [-0.39, 0.29) is 43.5 Å². The van der Waals surface area contributed by atoms with Gasteiger partial charge in [-0.3, -0.25) is 9.78 Å². The van der Waals surface area contributed by atoms with Gasteiger partial charge in [0.15, 0.2) is 10.8 Å². The Kier molecular flexibility index (Phi) is 13.7. The van der Waals surface area contributed by atoms with E-state index in [0.29, 0.717) is 5.58 Å². The first kappa shape index (κ1) is 41.4. The van der Waals surface area contributed by atoms with Crippen LogP contribution < -0.4 is 9.82 Å². The molecular formula is C41H51IrN4O3SSi2-. The molecule has 277 valence electrons. The van der Waals surface area contributed by atoms with E-state index in [2.05, 4.69) is 103 Å². The maximum absolute atomic E-state index is 11.7. The monoisotopic (exact) mass is 928 g/mol. The minimum atomic E-state index is -1.63. The number of ketones is 1. The molecule has 0 unspecified atom stereocenters. The van der Waals surface area contributed by atoms with Gasteiger partial charge in [0.25, 0.3) is 0 Å². The maximum atomic E-state index is 11.7. The van der Waals surface area contributed by atoms with E-state index in [1.54, 1.807) is 17.7 Å². The molecule has 0 amide bonds. The number of carbonyl (C=O) groups is 1. The van der Waals surface area contributed by atoms with Gasteiger partial charge in [-0.1, -0.05) is 102 Å². The Hall–Kier alpha value is -3.35. The molecule has 0 saturated heterocycles. The zero-order chi connectivity index (χ0) is 37.1. The zero-order valence-corrected chi connectivity index (χ0v) is 37.3. The molecule has 0 fully saturated rings. The van der Waals surface area contributed by atoms with Gasteiger partial charge in [-0.05, 0) is 37.8 Å². The van der Waals surface area contributed by atoms with Gasteiger partial charge in [0.05, 0.1) is 29.7 Å². The number of fused-ring (bicyclic) bond motifs is 4. The molecule has 3 aromatic heterocycles. The number of para-hydroxylation sites is 1. The first-order chi connectivity index (χ1) is 24.2. The Balaban J connectivity index is 0.000000323. The summed E-state index contributed by atoms with van der Waals surface area (Å²) in [5.41, 5.74) is 4.93. The quantitative estimate of drug-likeness (QED) is 0.0598. The summed E-state index contributed by atoms with van der Waals surface area (Å²) < 4.78 is 7.71. The number of hydrogen-bond acceptors (Lipinski definition) is 8. The summed E-state index contributed by atoms with van der Waals surface area (Å²) in [5, 5.41) is 24.4. The van der Waals surface area contributed by atoms with Crippen molar-refractivity contribution in [2.24, 2.45) is 11.8 Å². The van der Waals surface area contributed by atoms with Crippen LogP contribution in [0.2, 0.25) is 39.3 Å². The second-order valence-electron chi connectivity index (χ2n) is 15.2. The Labute approximate surface area is 327 Å². The molecule has 0 aliphatic carbocycles. The molecule has 0 spiro atoms. The second-order valence-corrected chi connectivity index (χ2v) is 26.6.